The van der Waals surface area contributed by atoms with Crippen LogP contribution in [0.25, 0.3) is 11.0 Å². The van der Waals surface area contributed by atoms with Crippen LogP contribution in [0.5, 0.6) is 11.5 Å². The standard InChI is InChI=1S/C30H28FNO5/c1-17(2)13-14-36-24-11-7-19(15-25(24)35-4)27-26-28(33)22-16-20(31)8-12-23(22)37-29(26)30(34)32(27)21-9-5-18(3)6-10-21/h5-12,15-17,27H,13-14H2,1-4H3. The first kappa shape index (κ1) is 24.6. The van der Waals surface area contributed by atoms with Crippen LogP contribution in [0.2, 0.25) is 0 Å². The molecule has 0 saturated heterocycles. The molecule has 0 spiro atoms. The third kappa shape index (κ3) is 4.46. The maximum atomic E-state index is 14.1. The monoisotopic (exact) mass is 501 g/mol. The molecule has 4 aromatic rings. The van der Waals surface area contributed by atoms with Crippen molar-refractivity contribution in [2.45, 2.75) is 33.2 Å². The van der Waals surface area contributed by atoms with Gasteiger partial charge in [0.25, 0.3) is 5.91 Å². The van der Waals surface area contributed by atoms with Gasteiger partial charge in [-0.2, -0.15) is 0 Å². The Balaban J connectivity index is 1.68. The zero-order chi connectivity index (χ0) is 26.3. The Morgan fingerprint density at radius 1 is 1.00 bits per heavy atom. The summed E-state index contributed by atoms with van der Waals surface area (Å²) >= 11 is 0. The van der Waals surface area contributed by atoms with Crippen molar-refractivity contribution in [3.63, 3.8) is 0 Å². The average molecular weight is 502 g/mol. The molecule has 1 aliphatic heterocycles. The number of fused-ring (bicyclic) bond motifs is 2. The molecule has 0 bridgehead atoms. The maximum Gasteiger partial charge on any atom is 0.295 e. The molecule has 0 saturated carbocycles. The number of carbonyl (C=O) groups excluding carboxylic acids is 1. The van der Waals surface area contributed by atoms with Crippen LogP contribution in [0.4, 0.5) is 10.1 Å². The molecule has 7 heteroatoms. The van der Waals surface area contributed by atoms with Crippen molar-refractivity contribution in [1.82, 2.24) is 0 Å². The van der Waals surface area contributed by atoms with Gasteiger partial charge in [-0.3, -0.25) is 14.5 Å². The summed E-state index contributed by atoms with van der Waals surface area (Å²) in [6, 6.07) is 15.7. The van der Waals surface area contributed by atoms with Crippen molar-refractivity contribution in [2.75, 3.05) is 18.6 Å². The summed E-state index contributed by atoms with van der Waals surface area (Å²) in [7, 11) is 1.55. The quantitative estimate of drug-likeness (QED) is 0.292. The molecule has 0 aliphatic carbocycles. The van der Waals surface area contributed by atoms with Crippen molar-refractivity contribution in [3.05, 3.63) is 99.2 Å². The first-order valence-electron chi connectivity index (χ1n) is 12.3. The summed E-state index contributed by atoms with van der Waals surface area (Å²) in [5, 5.41) is 0.0860. The predicted molar refractivity (Wildman–Crippen MR) is 140 cm³/mol. The van der Waals surface area contributed by atoms with E-state index in [9.17, 15) is 14.0 Å². The van der Waals surface area contributed by atoms with E-state index in [0.29, 0.717) is 35.3 Å². The van der Waals surface area contributed by atoms with E-state index in [0.717, 1.165) is 18.1 Å². The molecule has 0 radical (unpaired) electrons. The molecule has 1 amide bonds. The first-order chi connectivity index (χ1) is 17.8. The number of rotatable bonds is 7. The van der Waals surface area contributed by atoms with Gasteiger partial charge in [-0.25, -0.2) is 4.39 Å². The number of ether oxygens (including phenoxy) is 2. The molecular formula is C30H28FNO5. The first-order valence-corrected chi connectivity index (χ1v) is 12.3. The van der Waals surface area contributed by atoms with Crippen molar-refractivity contribution >= 4 is 22.6 Å². The molecule has 0 N–H and O–H groups in total. The fraction of sp³-hybridized carbons (Fsp3) is 0.267. The molecule has 2 heterocycles. The van der Waals surface area contributed by atoms with Crippen LogP contribution >= 0.6 is 0 Å². The lowest BCUT2D eigenvalue weighted by molar-refractivity contribution is 0.0971. The molecule has 37 heavy (non-hydrogen) atoms. The number of carbonyl (C=O) groups is 1. The molecule has 1 atom stereocenters. The molecule has 5 rings (SSSR count). The van der Waals surface area contributed by atoms with Crippen LogP contribution in [0.1, 0.15) is 53.6 Å². The van der Waals surface area contributed by atoms with Crippen molar-refractivity contribution < 1.29 is 23.1 Å². The summed E-state index contributed by atoms with van der Waals surface area (Å²) in [6.07, 6.45) is 0.890. The van der Waals surface area contributed by atoms with Gasteiger partial charge >= 0.3 is 0 Å². The highest BCUT2D eigenvalue weighted by Gasteiger charge is 2.44. The van der Waals surface area contributed by atoms with Crippen molar-refractivity contribution in [1.29, 1.82) is 0 Å². The van der Waals surface area contributed by atoms with Gasteiger partial charge in [0.2, 0.25) is 5.76 Å². The second kappa shape index (κ2) is 9.73. The fourth-order valence-electron chi connectivity index (χ4n) is 4.61. The number of halogens is 1. The van der Waals surface area contributed by atoms with E-state index in [1.54, 1.807) is 19.2 Å². The topological polar surface area (TPSA) is 69.0 Å². The third-order valence-corrected chi connectivity index (χ3v) is 6.60. The molecule has 1 aromatic heterocycles. The van der Waals surface area contributed by atoms with Gasteiger partial charge in [0.15, 0.2) is 16.9 Å². The molecule has 190 valence electrons. The molecule has 3 aromatic carbocycles. The number of nitrogens with zero attached hydrogens (tertiary/aromatic N) is 1. The summed E-state index contributed by atoms with van der Waals surface area (Å²) < 4.78 is 31.5. The summed E-state index contributed by atoms with van der Waals surface area (Å²) in [4.78, 5) is 29.0. The predicted octanol–water partition coefficient (Wildman–Crippen LogP) is 6.42. The SMILES string of the molecule is COc1cc(C2c3c(oc4ccc(F)cc4c3=O)C(=O)N2c2ccc(C)cc2)ccc1OCCC(C)C. The van der Waals surface area contributed by atoms with Crippen molar-refractivity contribution in [3.8, 4) is 11.5 Å². The zero-order valence-electron chi connectivity index (χ0n) is 21.2. The van der Waals surface area contributed by atoms with Gasteiger partial charge < -0.3 is 13.9 Å². The number of hydrogen-bond acceptors (Lipinski definition) is 5. The number of hydrogen-bond donors (Lipinski definition) is 0. The Kier molecular flexibility index (Phi) is 6.46. The number of anilines is 1. The summed E-state index contributed by atoms with van der Waals surface area (Å²) in [5.41, 5.74) is 2.17. The van der Waals surface area contributed by atoms with Crippen LogP contribution in [0.15, 0.2) is 69.9 Å². The van der Waals surface area contributed by atoms with Crippen LogP contribution < -0.4 is 19.8 Å². The second-order valence-corrected chi connectivity index (χ2v) is 9.67. The Bertz CT molecular complexity index is 1540. The highest BCUT2D eigenvalue weighted by atomic mass is 19.1. The minimum atomic E-state index is -0.798. The van der Waals surface area contributed by atoms with E-state index >= 15 is 0 Å². The third-order valence-electron chi connectivity index (χ3n) is 6.60. The van der Waals surface area contributed by atoms with Gasteiger partial charge in [0, 0.05) is 5.69 Å². The smallest absolute Gasteiger partial charge is 0.295 e. The van der Waals surface area contributed by atoms with E-state index in [4.69, 9.17) is 13.9 Å². The Hall–Kier alpha value is -4.13. The molecule has 6 nitrogen and oxygen atoms in total. The summed E-state index contributed by atoms with van der Waals surface area (Å²) in [5.74, 6) is 0.510. The van der Waals surface area contributed by atoms with Crippen LogP contribution in [0, 0.1) is 18.7 Å². The highest BCUT2D eigenvalue weighted by molar-refractivity contribution is 6.10. The zero-order valence-corrected chi connectivity index (χ0v) is 21.2. The Morgan fingerprint density at radius 2 is 1.76 bits per heavy atom. The number of benzene rings is 3. The second-order valence-electron chi connectivity index (χ2n) is 9.67. The van der Waals surface area contributed by atoms with Crippen LogP contribution in [-0.4, -0.2) is 19.6 Å². The van der Waals surface area contributed by atoms with Gasteiger partial charge in [0.05, 0.1) is 30.7 Å². The van der Waals surface area contributed by atoms with Gasteiger partial charge in [-0.15, -0.1) is 0 Å². The lowest BCUT2D eigenvalue weighted by atomic mass is 9.97. The van der Waals surface area contributed by atoms with E-state index in [-0.39, 0.29) is 22.3 Å². The summed E-state index contributed by atoms with van der Waals surface area (Å²) in [6.45, 7) is 6.74. The number of methoxy groups -OCH3 is 1. The number of amides is 1. The number of aryl methyl sites for hydroxylation is 1. The Labute approximate surface area is 214 Å². The maximum absolute atomic E-state index is 14.1. The normalized spacial score (nSPS) is 14.9. The largest absolute Gasteiger partial charge is 0.493 e. The van der Waals surface area contributed by atoms with E-state index in [1.807, 2.05) is 37.3 Å². The van der Waals surface area contributed by atoms with Crippen molar-refractivity contribution in [2.24, 2.45) is 5.92 Å². The molecular weight excluding hydrogens is 473 g/mol. The lowest BCUT2D eigenvalue weighted by Gasteiger charge is -2.26. The molecule has 0 fully saturated rings. The van der Waals surface area contributed by atoms with E-state index < -0.39 is 23.2 Å². The highest BCUT2D eigenvalue weighted by Crippen LogP contribution is 2.43. The van der Waals surface area contributed by atoms with Gasteiger partial charge in [-0.1, -0.05) is 37.6 Å². The molecule has 1 aliphatic rings. The van der Waals surface area contributed by atoms with E-state index in [2.05, 4.69) is 13.8 Å². The lowest BCUT2D eigenvalue weighted by Crippen LogP contribution is -2.29. The van der Waals surface area contributed by atoms with E-state index in [1.165, 1.54) is 17.0 Å². The molecule has 1 unspecified atom stereocenters. The minimum absolute atomic E-state index is 0.0501. The van der Waals surface area contributed by atoms with Gasteiger partial charge in [0.1, 0.15) is 11.4 Å². The minimum Gasteiger partial charge on any atom is -0.493 e. The average Bonchev–Trinajstić information content (AvgIpc) is 3.17. The Morgan fingerprint density at radius 3 is 2.46 bits per heavy atom. The van der Waals surface area contributed by atoms with Gasteiger partial charge in [-0.05, 0) is 67.3 Å². The fourth-order valence-corrected chi connectivity index (χ4v) is 4.61. The van der Waals surface area contributed by atoms with Crippen LogP contribution in [0.3, 0.4) is 0 Å². The van der Waals surface area contributed by atoms with Crippen LogP contribution in [-0.2, 0) is 0 Å².